The number of aliphatic carboxylic acids is 1. The summed E-state index contributed by atoms with van der Waals surface area (Å²) in [7, 11) is -1.34. The predicted octanol–water partition coefficient (Wildman–Crippen LogP) is 1.64. The summed E-state index contributed by atoms with van der Waals surface area (Å²) in [6, 6.07) is 8.73. The summed E-state index contributed by atoms with van der Waals surface area (Å²) in [6.45, 7) is 3.96. The van der Waals surface area contributed by atoms with Gasteiger partial charge in [-0.1, -0.05) is 44.0 Å². The van der Waals surface area contributed by atoms with Gasteiger partial charge in [0.2, 0.25) is 0 Å². The first kappa shape index (κ1) is 20.9. The maximum Gasteiger partial charge on any atom is 0.451 e. The van der Waals surface area contributed by atoms with Crippen molar-refractivity contribution in [3.8, 4) is 0 Å². The molecule has 0 radical (unpaired) electrons. The molecule has 0 spiro atoms. The number of hydrogen-bond acceptors (Lipinski definition) is 5. The number of carboxylic acid groups (broad SMARTS) is 1. The maximum absolute atomic E-state index is 11.7. The van der Waals surface area contributed by atoms with Crippen LogP contribution in [-0.2, 0) is 17.8 Å². The first-order valence-electron chi connectivity index (χ1n) is 9.55. The SMILES string of the molecule is CCN1Cc2ccccc2CC1CCC(N)(CCCCB(O)O)C(=O)O. The van der Waals surface area contributed by atoms with E-state index in [1.807, 2.05) is 0 Å². The van der Waals surface area contributed by atoms with Gasteiger partial charge in [-0.3, -0.25) is 9.69 Å². The third kappa shape index (κ3) is 5.54. The molecule has 6 nitrogen and oxygen atoms in total. The average molecular weight is 362 g/mol. The van der Waals surface area contributed by atoms with E-state index in [2.05, 4.69) is 36.1 Å². The summed E-state index contributed by atoms with van der Waals surface area (Å²) in [5.41, 5.74) is 7.66. The van der Waals surface area contributed by atoms with Crippen LogP contribution in [0.4, 0.5) is 0 Å². The second kappa shape index (κ2) is 9.51. The molecular weight excluding hydrogens is 331 g/mol. The van der Waals surface area contributed by atoms with E-state index in [0.29, 0.717) is 31.7 Å². The van der Waals surface area contributed by atoms with Gasteiger partial charge in [-0.05, 0) is 49.7 Å². The summed E-state index contributed by atoms with van der Waals surface area (Å²) in [4.78, 5) is 14.1. The van der Waals surface area contributed by atoms with Crippen molar-refractivity contribution in [2.24, 2.45) is 5.73 Å². The molecule has 2 unspecified atom stereocenters. The van der Waals surface area contributed by atoms with E-state index in [4.69, 9.17) is 15.8 Å². The van der Waals surface area contributed by atoms with Gasteiger partial charge in [0.05, 0.1) is 0 Å². The van der Waals surface area contributed by atoms with Crippen LogP contribution in [0, 0.1) is 0 Å². The van der Waals surface area contributed by atoms with Crippen molar-refractivity contribution >= 4 is 13.1 Å². The molecule has 0 amide bonds. The van der Waals surface area contributed by atoms with Crippen LogP contribution in [-0.4, -0.2) is 51.3 Å². The Bertz CT molecular complexity index is 599. The summed E-state index contributed by atoms with van der Waals surface area (Å²) in [6.07, 6.45) is 3.83. The Hall–Kier alpha value is -1.41. The summed E-state index contributed by atoms with van der Waals surface area (Å²) >= 11 is 0. The Morgan fingerprint density at radius 2 is 1.96 bits per heavy atom. The minimum Gasteiger partial charge on any atom is -0.480 e. The first-order chi connectivity index (χ1) is 12.4. The number of likely N-dealkylation sites (N-methyl/N-ethyl adjacent to an activating group) is 1. The van der Waals surface area contributed by atoms with Crippen LogP contribution < -0.4 is 5.73 Å². The largest absolute Gasteiger partial charge is 0.480 e. The summed E-state index contributed by atoms with van der Waals surface area (Å²) < 4.78 is 0. The Balaban J connectivity index is 1.95. The topological polar surface area (TPSA) is 107 Å². The highest BCUT2D eigenvalue weighted by molar-refractivity contribution is 6.40. The van der Waals surface area contributed by atoms with Gasteiger partial charge in [0.15, 0.2) is 0 Å². The normalized spacial score (nSPS) is 19.6. The molecule has 26 heavy (non-hydrogen) atoms. The zero-order valence-corrected chi connectivity index (χ0v) is 15.6. The number of carboxylic acids is 1. The fourth-order valence-corrected chi connectivity index (χ4v) is 3.83. The molecule has 1 aromatic carbocycles. The molecule has 0 bridgehead atoms. The molecular formula is C19H31BN2O4. The lowest BCUT2D eigenvalue weighted by atomic mass is 9.80. The van der Waals surface area contributed by atoms with Crippen LogP contribution in [0.1, 0.15) is 50.2 Å². The van der Waals surface area contributed by atoms with Crippen molar-refractivity contribution in [3.05, 3.63) is 35.4 Å². The van der Waals surface area contributed by atoms with E-state index in [1.165, 1.54) is 11.1 Å². The van der Waals surface area contributed by atoms with Crippen molar-refractivity contribution in [2.75, 3.05) is 6.54 Å². The van der Waals surface area contributed by atoms with Gasteiger partial charge in [-0.2, -0.15) is 0 Å². The zero-order chi connectivity index (χ0) is 19.2. The minimum absolute atomic E-state index is 0.249. The van der Waals surface area contributed by atoms with Crippen LogP contribution in [0.25, 0.3) is 0 Å². The highest BCUT2D eigenvalue weighted by Gasteiger charge is 2.35. The Kier molecular flexibility index (Phi) is 7.64. The van der Waals surface area contributed by atoms with Gasteiger partial charge in [0.1, 0.15) is 5.54 Å². The summed E-state index contributed by atoms with van der Waals surface area (Å²) in [5, 5.41) is 27.4. The van der Waals surface area contributed by atoms with Gasteiger partial charge in [0, 0.05) is 12.6 Å². The highest BCUT2D eigenvalue weighted by atomic mass is 16.4. The van der Waals surface area contributed by atoms with Crippen LogP contribution in [0.3, 0.4) is 0 Å². The Labute approximate surface area is 156 Å². The fraction of sp³-hybridized carbons (Fsp3) is 0.632. The molecule has 0 aromatic heterocycles. The third-order valence-corrected chi connectivity index (χ3v) is 5.55. The van der Waals surface area contributed by atoms with E-state index in [-0.39, 0.29) is 6.32 Å². The smallest absolute Gasteiger partial charge is 0.451 e. The highest BCUT2D eigenvalue weighted by Crippen LogP contribution is 2.28. The number of fused-ring (bicyclic) bond motifs is 1. The molecule has 0 saturated carbocycles. The monoisotopic (exact) mass is 362 g/mol. The van der Waals surface area contributed by atoms with Gasteiger partial charge >= 0.3 is 13.1 Å². The molecule has 1 aromatic rings. The number of benzene rings is 1. The molecule has 2 rings (SSSR count). The lowest BCUT2D eigenvalue weighted by Crippen LogP contribution is -2.50. The van der Waals surface area contributed by atoms with E-state index in [1.54, 1.807) is 0 Å². The number of nitrogens with zero attached hydrogens (tertiary/aromatic N) is 1. The number of nitrogens with two attached hydrogens (primary N) is 1. The standard InChI is InChI=1S/C19H31BN2O4/c1-2-22-14-16-8-4-3-7-15(16)13-17(22)9-11-19(21,18(23)24)10-5-6-12-20(25)26/h3-4,7-8,17,25-26H,2,5-6,9-14,21H2,1H3,(H,23,24). The molecule has 0 aliphatic carbocycles. The second-order valence-corrected chi connectivity index (χ2v) is 7.42. The van der Waals surface area contributed by atoms with Crippen molar-refractivity contribution < 1.29 is 19.9 Å². The first-order valence-corrected chi connectivity index (χ1v) is 9.55. The van der Waals surface area contributed by atoms with Gasteiger partial charge < -0.3 is 20.9 Å². The molecule has 1 heterocycles. The minimum atomic E-state index is -1.34. The van der Waals surface area contributed by atoms with Crippen LogP contribution in [0.2, 0.25) is 6.32 Å². The fourth-order valence-electron chi connectivity index (χ4n) is 3.83. The van der Waals surface area contributed by atoms with Crippen molar-refractivity contribution in [2.45, 2.75) is 69.9 Å². The number of rotatable bonds is 10. The van der Waals surface area contributed by atoms with Crippen molar-refractivity contribution in [1.29, 1.82) is 0 Å². The molecule has 144 valence electrons. The molecule has 1 aliphatic heterocycles. The van der Waals surface area contributed by atoms with Crippen LogP contribution in [0.5, 0.6) is 0 Å². The number of hydrogen-bond donors (Lipinski definition) is 4. The second-order valence-electron chi connectivity index (χ2n) is 7.42. The Morgan fingerprint density at radius 3 is 2.58 bits per heavy atom. The van der Waals surface area contributed by atoms with E-state index in [9.17, 15) is 9.90 Å². The average Bonchev–Trinajstić information content (AvgIpc) is 2.62. The maximum atomic E-state index is 11.7. The van der Waals surface area contributed by atoms with Gasteiger partial charge in [-0.15, -0.1) is 0 Å². The number of unbranched alkanes of at least 4 members (excludes halogenated alkanes) is 1. The van der Waals surface area contributed by atoms with Crippen molar-refractivity contribution in [3.63, 3.8) is 0 Å². The molecule has 2 atom stereocenters. The predicted molar refractivity (Wildman–Crippen MR) is 103 cm³/mol. The molecule has 7 heteroatoms. The van der Waals surface area contributed by atoms with E-state index >= 15 is 0 Å². The van der Waals surface area contributed by atoms with Crippen LogP contribution >= 0.6 is 0 Å². The zero-order valence-electron chi connectivity index (χ0n) is 15.6. The third-order valence-electron chi connectivity index (χ3n) is 5.55. The van der Waals surface area contributed by atoms with Gasteiger partial charge in [-0.25, -0.2) is 0 Å². The van der Waals surface area contributed by atoms with Crippen LogP contribution in [0.15, 0.2) is 24.3 Å². The molecule has 1 aliphatic rings. The summed E-state index contributed by atoms with van der Waals surface area (Å²) in [5.74, 6) is -0.971. The number of carbonyl (C=O) groups is 1. The molecule has 5 N–H and O–H groups in total. The lowest BCUT2D eigenvalue weighted by Gasteiger charge is -2.38. The molecule has 0 saturated heterocycles. The quantitative estimate of drug-likeness (QED) is 0.372. The Morgan fingerprint density at radius 1 is 1.27 bits per heavy atom. The molecule has 0 fully saturated rings. The van der Waals surface area contributed by atoms with Gasteiger partial charge in [0.25, 0.3) is 0 Å². The lowest BCUT2D eigenvalue weighted by molar-refractivity contribution is -0.144. The van der Waals surface area contributed by atoms with E-state index in [0.717, 1.165) is 25.9 Å². The van der Waals surface area contributed by atoms with E-state index < -0.39 is 18.6 Å². The van der Waals surface area contributed by atoms with Crippen molar-refractivity contribution in [1.82, 2.24) is 4.90 Å².